The van der Waals surface area contributed by atoms with E-state index < -0.39 is 40.7 Å². The maximum absolute atomic E-state index is 15.0. The van der Waals surface area contributed by atoms with Crippen LogP contribution in [0.4, 0.5) is 8.78 Å². The van der Waals surface area contributed by atoms with E-state index in [0.717, 1.165) is 23.4 Å². The molecule has 1 fully saturated rings. The molecule has 6 nitrogen and oxygen atoms in total. The number of carbonyl (C=O) groups is 1. The molecule has 1 aliphatic carbocycles. The predicted octanol–water partition coefficient (Wildman–Crippen LogP) is 3.10. The topological polar surface area (TPSA) is 91.6 Å². The van der Waals surface area contributed by atoms with Crippen LogP contribution in [-0.2, 0) is 13.1 Å². The van der Waals surface area contributed by atoms with Crippen LogP contribution < -0.4 is 10.7 Å². The molecule has 0 amide bonds. The molecular formula is C21H16F2N2O4. The molecule has 1 saturated carbocycles. The SMILES string of the molecule is O=C(O)c1cn(C2CC2F)c2c(O)c(-c3ccc4c(c3)CNC4)c(F)cc2c1=O. The number of halogens is 2. The van der Waals surface area contributed by atoms with E-state index in [0.29, 0.717) is 18.7 Å². The fraction of sp³-hybridized carbons (Fsp3) is 0.238. The number of nitrogens with zero attached hydrogens (tertiary/aromatic N) is 1. The highest BCUT2D eigenvalue weighted by atomic mass is 19.1. The highest BCUT2D eigenvalue weighted by Gasteiger charge is 2.41. The van der Waals surface area contributed by atoms with Crippen molar-refractivity contribution in [2.24, 2.45) is 0 Å². The second-order valence-electron chi connectivity index (χ2n) is 7.47. The van der Waals surface area contributed by atoms with E-state index >= 15 is 4.39 Å². The van der Waals surface area contributed by atoms with E-state index in [2.05, 4.69) is 5.32 Å². The number of benzene rings is 2. The Morgan fingerprint density at radius 3 is 2.62 bits per heavy atom. The molecule has 3 N–H and O–H groups in total. The second kappa shape index (κ2) is 6.12. The average Bonchev–Trinajstić information content (AvgIpc) is 3.21. The number of alkyl halides is 1. The number of carboxylic acids is 1. The van der Waals surface area contributed by atoms with Gasteiger partial charge in [-0.2, -0.15) is 0 Å². The number of nitrogens with one attached hydrogen (secondary N) is 1. The predicted molar refractivity (Wildman–Crippen MR) is 101 cm³/mol. The minimum atomic E-state index is -1.49. The minimum absolute atomic E-state index is 0.0554. The maximum Gasteiger partial charge on any atom is 0.341 e. The zero-order valence-electron chi connectivity index (χ0n) is 15.1. The summed E-state index contributed by atoms with van der Waals surface area (Å²) in [4.78, 5) is 24.0. The van der Waals surface area contributed by atoms with Crippen LogP contribution in [0.3, 0.4) is 0 Å². The Morgan fingerprint density at radius 2 is 1.93 bits per heavy atom. The lowest BCUT2D eigenvalue weighted by Gasteiger charge is -2.16. The Kier molecular flexibility index (Phi) is 3.76. The largest absolute Gasteiger partial charge is 0.505 e. The Morgan fingerprint density at radius 1 is 1.21 bits per heavy atom. The molecule has 2 unspecified atom stereocenters. The van der Waals surface area contributed by atoms with E-state index in [1.165, 1.54) is 4.57 Å². The summed E-state index contributed by atoms with van der Waals surface area (Å²) >= 11 is 0. The fourth-order valence-electron chi connectivity index (χ4n) is 4.05. The molecule has 1 aliphatic heterocycles. The minimum Gasteiger partial charge on any atom is -0.505 e. The van der Waals surface area contributed by atoms with Crippen LogP contribution >= 0.6 is 0 Å². The van der Waals surface area contributed by atoms with Crippen LogP contribution in [0.1, 0.15) is 33.9 Å². The summed E-state index contributed by atoms with van der Waals surface area (Å²) in [6, 6.07) is 5.51. The van der Waals surface area contributed by atoms with E-state index in [1.807, 2.05) is 6.07 Å². The third-order valence-electron chi connectivity index (χ3n) is 5.64. The molecule has 0 radical (unpaired) electrons. The van der Waals surface area contributed by atoms with Gasteiger partial charge >= 0.3 is 5.97 Å². The number of aromatic hydroxyl groups is 1. The molecule has 2 heterocycles. The molecule has 0 spiro atoms. The van der Waals surface area contributed by atoms with E-state index in [9.17, 15) is 24.2 Å². The van der Waals surface area contributed by atoms with Crippen molar-refractivity contribution in [2.45, 2.75) is 31.7 Å². The van der Waals surface area contributed by atoms with Gasteiger partial charge in [0.1, 0.15) is 17.6 Å². The van der Waals surface area contributed by atoms with Crippen LogP contribution in [0.25, 0.3) is 22.0 Å². The molecule has 2 aliphatic rings. The Balaban J connectivity index is 1.83. The maximum atomic E-state index is 15.0. The van der Waals surface area contributed by atoms with Crippen LogP contribution in [0.2, 0.25) is 0 Å². The fourth-order valence-corrected chi connectivity index (χ4v) is 4.05. The third kappa shape index (κ3) is 2.63. The number of aromatic nitrogens is 1. The molecule has 0 bridgehead atoms. The summed E-state index contributed by atoms with van der Waals surface area (Å²) in [6.07, 6.45) is -0.0554. The first-order chi connectivity index (χ1) is 13.9. The van der Waals surface area contributed by atoms with Crippen molar-refractivity contribution in [2.75, 3.05) is 0 Å². The first kappa shape index (κ1) is 17.8. The first-order valence-corrected chi connectivity index (χ1v) is 9.17. The van der Waals surface area contributed by atoms with Gasteiger partial charge in [0, 0.05) is 25.7 Å². The van der Waals surface area contributed by atoms with Gasteiger partial charge < -0.3 is 20.1 Å². The normalized spacial score (nSPS) is 20.1. The van der Waals surface area contributed by atoms with Crippen molar-refractivity contribution in [3.05, 3.63) is 63.2 Å². The monoisotopic (exact) mass is 398 g/mol. The molecule has 29 heavy (non-hydrogen) atoms. The Hall–Kier alpha value is -3.26. The zero-order valence-corrected chi connectivity index (χ0v) is 15.1. The van der Waals surface area contributed by atoms with Crippen molar-refractivity contribution in [1.29, 1.82) is 0 Å². The van der Waals surface area contributed by atoms with Crippen LogP contribution in [0, 0.1) is 5.82 Å². The van der Waals surface area contributed by atoms with Gasteiger partial charge in [-0.25, -0.2) is 13.6 Å². The highest BCUT2D eigenvalue weighted by Crippen LogP contribution is 2.45. The van der Waals surface area contributed by atoms with E-state index in [4.69, 9.17) is 0 Å². The number of rotatable bonds is 3. The number of hydrogen-bond donors (Lipinski definition) is 3. The molecule has 1 aromatic heterocycles. The van der Waals surface area contributed by atoms with Crippen molar-refractivity contribution in [3.63, 3.8) is 0 Å². The third-order valence-corrected chi connectivity index (χ3v) is 5.64. The van der Waals surface area contributed by atoms with Gasteiger partial charge in [0.15, 0.2) is 5.75 Å². The lowest BCUT2D eigenvalue weighted by molar-refractivity contribution is 0.0694. The van der Waals surface area contributed by atoms with Gasteiger partial charge in [-0.05, 0) is 28.8 Å². The standard InChI is InChI=1S/C21H16F2N2O4/c22-14-5-16(14)25-8-13(21(28)29)19(26)12-4-15(23)17(20(27)18(12)25)9-1-2-10-6-24-7-11(10)3-9/h1-4,8,14,16,24,27H,5-7H2,(H,28,29). The summed E-state index contributed by atoms with van der Waals surface area (Å²) in [6.45, 7) is 1.33. The molecule has 2 aromatic carbocycles. The Labute approximate surface area is 163 Å². The highest BCUT2D eigenvalue weighted by molar-refractivity contribution is 5.97. The number of aromatic carboxylic acids is 1. The first-order valence-electron chi connectivity index (χ1n) is 9.17. The van der Waals surface area contributed by atoms with Gasteiger partial charge in [-0.1, -0.05) is 12.1 Å². The average molecular weight is 398 g/mol. The summed E-state index contributed by atoms with van der Waals surface area (Å²) in [7, 11) is 0. The number of phenolic OH excluding ortho intramolecular Hbond substituents is 1. The quantitative estimate of drug-likeness (QED) is 0.631. The van der Waals surface area contributed by atoms with E-state index in [-0.39, 0.29) is 22.9 Å². The van der Waals surface area contributed by atoms with E-state index in [1.54, 1.807) is 12.1 Å². The number of fused-ring (bicyclic) bond motifs is 2. The zero-order chi connectivity index (χ0) is 20.4. The van der Waals surface area contributed by atoms with Crippen molar-refractivity contribution in [3.8, 4) is 16.9 Å². The van der Waals surface area contributed by atoms with Crippen molar-refractivity contribution in [1.82, 2.24) is 9.88 Å². The van der Waals surface area contributed by atoms with Crippen molar-refractivity contribution < 1.29 is 23.8 Å². The summed E-state index contributed by atoms with van der Waals surface area (Å²) in [5.41, 5.74) is 0.824. The lowest BCUT2D eigenvalue weighted by Crippen LogP contribution is -2.19. The lowest BCUT2D eigenvalue weighted by atomic mass is 9.97. The summed E-state index contributed by atoms with van der Waals surface area (Å²) in [5.74, 6) is -2.84. The van der Waals surface area contributed by atoms with Crippen LogP contribution in [0.5, 0.6) is 5.75 Å². The van der Waals surface area contributed by atoms with Gasteiger partial charge in [-0.15, -0.1) is 0 Å². The smallest absolute Gasteiger partial charge is 0.341 e. The number of pyridine rings is 1. The number of phenols is 1. The van der Waals surface area contributed by atoms with Gasteiger partial charge in [0.25, 0.3) is 0 Å². The number of carboxylic acid groups (broad SMARTS) is 1. The molecule has 3 aromatic rings. The summed E-state index contributed by atoms with van der Waals surface area (Å²) < 4.78 is 30.1. The summed E-state index contributed by atoms with van der Waals surface area (Å²) in [5, 5.41) is 23.2. The van der Waals surface area contributed by atoms with Crippen LogP contribution in [-0.4, -0.2) is 26.9 Å². The molecule has 0 saturated heterocycles. The molecular weight excluding hydrogens is 382 g/mol. The Bertz CT molecular complexity index is 1270. The van der Waals surface area contributed by atoms with Gasteiger partial charge in [0.05, 0.1) is 22.5 Å². The molecule has 5 rings (SSSR count). The number of hydrogen-bond acceptors (Lipinski definition) is 4. The van der Waals surface area contributed by atoms with Gasteiger partial charge in [0.2, 0.25) is 5.43 Å². The van der Waals surface area contributed by atoms with Crippen LogP contribution in [0.15, 0.2) is 35.3 Å². The van der Waals surface area contributed by atoms with Crippen molar-refractivity contribution >= 4 is 16.9 Å². The molecule has 2 atom stereocenters. The molecule has 148 valence electrons. The second-order valence-corrected chi connectivity index (χ2v) is 7.47. The van der Waals surface area contributed by atoms with Gasteiger partial charge in [-0.3, -0.25) is 4.79 Å². The molecule has 8 heteroatoms.